The molecule has 0 saturated carbocycles. The number of nitrogens with one attached hydrogen (secondary N) is 1. The molecule has 0 amide bonds. The fourth-order valence-corrected chi connectivity index (χ4v) is 1.19. The van der Waals surface area contributed by atoms with Crippen LogP contribution in [0.2, 0.25) is 0 Å². The van der Waals surface area contributed by atoms with Gasteiger partial charge in [0.1, 0.15) is 17.3 Å². The van der Waals surface area contributed by atoms with Gasteiger partial charge in [-0.3, -0.25) is 9.78 Å². The van der Waals surface area contributed by atoms with Crippen LogP contribution in [-0.4, -0.2) is 10.1 Å². The van der Waals surface area contributed by atoms with Crippen molar-refractivity contribution in [3.8, 4) is 11.9 Å². The van der Waals surface area contributed by atoms with Crippen molar-refractivity contribution >= 4 is 5.69 Å². The highest BCUT2D eigenvalue weighted by molar-refractivity contribution is 5.50. The largest absolute Gasteiger partial charge is 0.493 e. The van der Waals surface area contributed by atoms with E-state index in [9.17, 15) is 9.90 Å². The summed E-state index contributed by atoms with van der Waals surface area (Å²) >= 11 is 0. The Hall–Kier alpha value is -3.20. The Balaban J connectivity index is 3.17. The van der Waals surface area contributed by atoms with Gasteiger partial charge in [0.25, 0.3) is 5.56 Å². The Morgan fingerprint density at radius 1 is 1.45 bits per heavy atom. The van der Waals surface area contributed by atoms with E-state index in [1.54, 1.807) is 30.4 Å². The molecule has 0 fully saturated rings. The van der Waals surface area contributed by atoms with Crippen LogP contribution in [0.4, 0.5) is 5.69 Å². The molecule has 0 radical (unpaired) electrons. The van der Waals surface area contributed by atoms with Crippen LogP contribution in [0.3, 0.4) is 0 Å². The molecule has 0 aliphatic rings. The Kier molecular flexibility index (Phi) is 5.41. The van der Waals surface area contributed by atoms with Crippen LogP contribution in [0.15, 0.2) is 70.3 Å². The van der Waals surface area contributed by atoms with Crippen LogP contribution in [-0.2, 0) is 0 Å². The molecule has 0 saturated heterocycles. The Morgan fingerprint density at radius 2 is 2.20 bits per heavy atom. The van der Waals surface area contributed by atoms with E-state index in [1.165, 1.54) is 6.08 Å². The van der Waals surface area contributed by atoms with Crippen molar-refractivity contribution < 1.29 is 5.11 Å². The summed E-state index contributed by atoms with van der Waals surface area (Å²) in [6.07, 6.45) is 7.97. The van der Waals surface area contributed by atoms with Crippen LogP contribution in [0.5, 0.6) is 5.88 Å². The number of hydrogen-bond donors (Lipinski definition) is 2. The maximum absolute atomic E-state index is 11.2. The summed E-state index contributed by atoms with van der Waals surface area (Å²) in [6, 6.07) is 2.85. The van der Waals surface area contributed by atoms with Crippen LogP contribution in [0.25, 0.3) is 0 Å². The third kappa shape index (κ3) is 3.92. The number of aromatic hydroxyl groups is 1. The van der Waals surface area contributed by atoms with Crippen molar-refractivity contribution in [1.29, 1.82) is 5.26 Å². The molecule has 0 aromatic carbocycles. The highest BCUT2D eigenvalue weighted by Gasteiger charge is 2.06. The highest BCUT2D eigenvalue weighted by Crippen LogP contribution is 2.23. The summed E-state index contributed by atoms with van der Waals surface area (Å²) in [6.45, 7) is 7.07. The SMILES string of the molecule is C=C\C=C/C(=C\C=C)/N=N/c1cc(C#N)c(=O)[nH]c1O. The number of allylic oxidation sites excluding steroid dienone is 5. The lowest BCUT2D eigenvalue weighted by molar-refractivity contribution is 0.453. The van der Waals surface area contributed by atoms with Gasteiger partial charge < -0.3 is 5.11 Å². The lowest BCUT2D eigenvalue weighted by Gasteiger charge is -1.97. The minimum absolute atomic E-state index is 0.0110. The van der Waals surface area contributed by atoms with E-state index in [1.807, 2.05) is 0 Å². The van der Waals surface area contributed by atoms with Crippen molar-refractivity contribution in [3.63, 3.8) is 0 Å². The average molecular weight is 268 g/mol. The Morgan fingerprint density at radius 3 is 2.80 bits per heavy atom. The standard InChI is InChI=1S/C14H12N4O2/c1-3-5-7-11(6-4-2)17-18-12-8-10(9-15)13(19)16-14(12)20/h3-8H,1-2H2,(H2,16,19,20)/b7-5-,11-6+,18-17+. The van der Waals surface area contributed by atoms with Gasteiger partial charge >= 0.3 is 0 Å². The van der Waals surface area contributed by atoms with E-state index in [4.69, 9.17) is 5.26 Å². The molecule has 0 aliphatic carbocycles. The molecule has 1 rings (SSSR count). The first-order valence-electron chi connectivity index (χ1n) is 5.52. The molecule has 1 heterocycles. The zero-order chi connectivity index (χ0) is 15.0. The number of aromatic amines is 1. The van der Waals surface area contributed by atoms with E-state index < -0.39 is 11.4 Å². The maximum Gasteiger partial charge on any atom is 0.268 e. The normalized spacial score (nSPS) is 11.7. The van der Waals surface area contributed by atoms with Gasteiger partial charge in [-0.1, -0.05) is 31.4 Å². The average Bonchev–Trinajstić information content (AvgIpc) is 2.43. The number of H-pyrrole nitrogens is 1. The second-order valence-electron chi connectivity index (χ2n) is 3.48. The Labute approximate surface area is 115 Å². The van der Waals surface area contributed by atoms with Crippen molar-refractivity contribution in [3.05, 3.63) is 71.2 Å². The van der Waals surface area contributed by atoms with Crippen LogP contribution in [0.1, 0.15) is 5.56 Å². The van der Waals surface area contributed by atoms with Gasteiger partial charge in [-0.15, -0.1) is 5.11 Å². The zero-order valence-electron chi connectivity index (χ0n) is 10.6. The van der Waals surface area contributed by atoms with E-state index in [0.29, 0.717) is 5.70 Å². The molecule has 100 valence electrons. The third-order valence-corrected chi connectivity index (χ3v) is 2.09. The smallest absolute Gasteiger partial charge is 0.268 e. The van der Waals surface area contributed by atoms with E-state index >= 15 is 0 Å². The number of hydrogen-bond acceptors (Lipinski definition) is 5. The third-order valence-electron chi connectivity index (χ3n) is 2.09. The summed E-state index contributed by atoms with van der Waals surface area (Å²) < 4.78 is 0. The molecule has 1 aromatic rings. The predicted molar refractivity (Wildman–Crippen MR) is 75.6 cm³/mol. The first-order valence-corrected chi connectivity index (χ1v) is 5.52. The lowest BCUT2D eigenvalue weighted by Crippen LogP contribution is -2.08. The summed E-state index contributed by atoms with van der Waals surface area (Å²) in [7, 11) is 0. The van der Waals surface area contributed by atoms with Gasteiger partial charge in [-0.2, -0.15) is 10.4 Å². The summed E-state index contributed by atoms with van der Waals surface area (Å²) in [5.41, 5.74) is -0.392. The molecule has 0 aliphatic heterocycles. The van der Waals surface area contributed by atoms with E-state index in [2.05, 4.69) is 28.4 Å². The second-order valence-corrected chi connectivity index (χ2v) is 3.48. The van der Waals surface area contributed by atoms with Crippen molar-refractivity contribution in [2.75, 3.05) is 0 Å². The molecule has 0 spiro atoms. The molecule has 0 atom stereocenters. The summed E-state index contributed by atoms with van der Waals surface area (Å²) in [4.78, 5) is 13.4. The number of azo groups is 1. The van der Waals surface area contributed by atoms with Crippen molar-refractivity contribution in [2.24, 2.45) is 10.2 Å². The molecule has 0 bridgehead atoms. The van der Waals surface area contributed by atoms with Crippen molar-refractivity contribution in [2.45, 2.75) is 0 Å². The van der Waals surface area contributed by atoms with Gasteiger partial charge in [0, 0.05) is 0 Å². The highest BCUT2D eigenvalue weighted by atomic mass is 16.3. The molecular formula is C14H12N4O2. The fourth-order valence-electron chi connectivity index (χ4n) is 1.19. The van der Waals surface area contributed by atoms with E-state index in [-0.39, 0.29) is 11.3 Å². The number of rotatable bonds is 5. The topological polar surface area (TPSA) is 102 Å². The number of aromatic nitrogens is 1. The number of nitrogens with zero attached hydrogens (tertiary/aromatic N) is 3. The van der Waals surface area contributed by atoms with Crippen LogP contribution in [0, 0.1) is 11.3 Å². The predicted octanol–water partition coefficient (Wildman–Crippen LogP) is 2.85. The molecule has 20 heavy (non-hydrogen) atoms. The summed E-state index contributed by atoms with van der Waals surface area (Å²) in [5.74, 6) is -0.455. The molecule has 0 unspecified atom stereocenters. The van der Waals surface area contributed by atoms with Gasteiger partial charge in [0.15, 0.2) is 0 Å². The first kappa shape index (κ1) is 14.9. The van der Waals surface area contributed by atoms with Crippen molar-refractivity contribution in [1.82, 2.24) is 4.98 Å². The molecule has 1 aromatic heterocycles. The van der Waals surface area contributed by atoms with Gasteiger partial charge in [-0.25, -0.2) is 0 Å². The van der Waals surface area contributed by atoms with Crippen LogP contribution >= 0.6 is 0 Å². The molecule has 6 heteroatoms. The summed E-state index contributed by atoms with van der Waals surface area (Å²) in [5, 5.41) is 25.9. The zero-order valence-corrected chi connectivity index (χ0v) is 10.6. The van der Waals surface area contributed by atoms with Crippen LogP contribution < -0.4 is 5.56 Å². The second kappa shape index (κ2) is 7.28. The van der Waals surface area contributed by atoms with Gasteiger partial charge in [0.2, 0.25) is 5.88 Å². The minimum atomic E-state index is -0.683. The molecule has 6 nitrogen and oxygen atoms in total. The van der Waals surface area contributed by atoms with E-state index in [0.717, 1.165) is 6.07 Å². The minimum Gasteiger partial charge on any atom is -0.493 e. The fraction of sp³-hybridized carbons (Fsp3) is 0. The number of pyridine rings is 1. The lowest BCUT2D eigenvalue weighted by atomic mass is 10.3. The number of nitriles is 1. The Bertz CT molecular complexity index is 703. The maximum atomic E-state index is 11.2. The first-order chi connectivity index (χ1) is 9.62. The molecule has 2 N–H and O–H groups in total. The van der Waals surface area contributed by atoms with Gasteiger partial charge in [0.05, 0.1) is 5.70 Å². The van der Waals surface area contributed by atoms with Gasteiger partial charge in [-0.05, 0) is 18.2 Å². The monoisotopic (exact) mass is 268 g/mol. The molecular weight excluding hydrogens is 256 g/mol. The quantitative estimate of drug-likeness (QED) is 0.634.